The van der Waals surface area contributed by atoms with E-state index >= 15 is 0 Å². The van der Waals surface area contributed by atoms with E-state index in [-0.39, 0.29) is 41.7 Å². The summed E-state index contributed by atoms with van der Waals surface area (Å²) >= 11 is 0. The van der Waals surface area contributed by atoms with Gasteiger partial charge < -0.3 is 29.3 Å². The molecule has 0 aliphatic carbocycles. The van der Waals surface area contributed by atoms with Crippen LogP contribution in [0.5, 0.6) is 17.2 Å². The molecule has 4 aromatic carbocycles. The van der Waals surface area contributed by atoms with Gasteiger partial charge in [0.05, 0.1) is 13.7 Å². The van der Waals surface area contributed by atoms with Crippen LogP contribution in [-0.2, 0) is 16.1 Å². The summed E-state index contributed by atoms with van der Waals surface area (Å²) in [7, 11) is 1.68. The van der Waals surface area contributed by atoms with Crippen LogP contribution in [0.15, 0.2) is 84.9 Å². The lowest BCUT2D eigenvalue weighted by Gasteiger charge is -2.40. The van der Waals surface area contributed by atoms with E-state index in [9.17, 15) is 19.5 Å². The molecule has 3 unspecified atom stereocenters. The molecule has 0 radical (unpaired) electrons. The number of phenolic OH excluding ortho intramolecular Hbond substituents is 1. The standard InChI is InChI=1S/C45H49N5O6/c1-55-36-10-4-30(5-11-36)39-28-56-41-25-35(51)9-13-38(41)43(39)31-2-6-33(7-3-31)48-18-16-29(17-19-48)26-47-20-22-49(23-21-47)34-8-12-37-32(24-34)27-50(45(37)54)40-14-15-42(52)46-44(40)53/h2-13,24-25,29,39-40,43,51H,14-23,26-28H2,1H3,(H,46,52,53). The van der Waals surface area contributed by atoms with Crippen molar-refractivity contribution in [2.45, 2.75) is 50.1 Å². The summed E-state index contributed by atoms with van der Waals surface area (Å²) < 4.78 is 11.6. The molecule has 9 rings (SSSR count). The molecule has 3 saturated heterocycles. The molecular weight excluding hydrogens is 707 g/mol. The predicted octanol–water partition coefficient (Wildman–Crippen LogP) is 5.51. The highest BCUT2D eigenvalue weighted by Crippen LogP contribution is 2.47. The summed E-state index contributed by atoms with van der Waals surface area (Å²) in [6.07, 6.45) is 2.97. The summed E-state index contributed by atoms with van der Waals surface area (Å²) in [4.78, 5) is 46.4. The van der Waals surface area contributed by atoms with E-state index in [1.165, 1.54) is 29.7 Å². The monoisotopic (exact) mass is 755 g/mol. The average Bonchev–Trinajstić information content (AvgIpc) is 3.55. The largest absolute Gasteiger partial charge is 0.508 e. The quantitative estimate of drug-likeness (QED) is 0.225. The van der Waals surface area contributed by atoms with Gasteiger partial charge in [-0.1, -0.05) is 30.3 Å². The number of piperidine rings is 2. The number of anilines is 2. The van der Waals surface area contributed by atoms with Crippen molar-refractivity contribution in [3.63, 3.8) is 0 Å². The van der Waals surface area contributed by atoms with Gasteiger partial charge in [0.25, 0.3) is 5.91 Å². The average molecular weight is 756 g/mol. The number of nitrogens with zero attached hydrogens (tertiary/aromatic N) is 4. The molecule has 290 valence electrons. The molecule has 3 fully saturated rings. The molecule has 0 spiro atoms. The third kappa shape index (κ3) is 7.04. The molecule has 5 aliphatic heterocycles. The zero-order chi connectivity index (χ0) is 38.3. The maximum Gasteiger partial charge on any atom is 0.255 e. The maximum absolute atomic E-state index is 13.2. The number of benzene rings is 4. The van der Waals surface area contributed by atoms with E-state index in [1.54, 1.807) is 24.1 Å². The smallest absolute Gasteiger partial charge is 0.255 e. The number of hydrogen-bond acceptors (Lipinski definition) is 9. The van der Waals surface area contributed by atoms with Crippen molar-refractivity contribution >= 4 is 29.1 Å². The number of hydrogen-bond donors (Lipinski definition) is 2. The number of imide groups is 1. The molecule has 2 N–H and O–H groups in total. The summed E-state index contributed by atoms with van der Waals surface area (Å²) in [5, 5.41) is 12.6. The van der Waals surface area contributed by atoms with Gasteiger partial charge >= 0.3 is 0 Å². The van der Waals surface area contributed by atoms with Crippen molar-refractivity contribution in [3.05, 3.63) is 113 Å². The lowest BCUT2D eigenvalue weighted by atomic mass is 9.76. The number of piperazine rings is 1. The molecular formula is C45H49N5O6. The molecule has 11 nitrogen and oxygen atoms in total. The fraction of sp³-hybridized carbons (Fsp3) is 0.400. The zero-order valence-electron chi connectivity index (χ0n) is 31.9. The maximum atomic E-state index is 13.2. The fourth-order valence-electron chi connectivity index (χ4n) is 9.53. The third-order valence-electron chi connectivity index (χ3n) is 12.7. The highest BCUT2D eigenvalue weighted by Gasteiger charge is 2.39. The van der Waals surface area contributed by atoms with Gasteiger partial charge in [0.15, 0.2) is 0 Å². The minimum Gasteiger partial charge on any atom is -0.508 e. The van der Waals surface area contributed by atoms with Crippen molar-refractivity contribution in [2.24, 2.45) is 5.92 Å². The first-order valence-electron chi connectivity index (χ1n) is 20.0. The fourth-order valence-corrected chi connectivity index (χ4v) is 9.53. The van der Waals surface area contributed by atoms with E-state index < -0.39 is 6.04 Å². The van der Waals surface area contributed by atoms with Crippen molar-refractivity contribution < 1.29 is 29.0 Å². The first kappa shape index (κ1) is 36.1. The topological polar surface area (TPSA) is 115 Å². The lowest BCUT2D eigenvalue weighted by Crippen LogP contribution is -2.52. The van der Waals surface area contributed by atoms with Crippen molar-refractivity contribution in [2.75, 3.05) is 69.3 Å². The van der Waals surface area contributed by atoms with Crippen molar-refractivity contribution in [1.29, 1.82) is 0 Å². The second-order valence-corrected chi connectivity index (χ2v) is 15.9. The second-order valence-electron chi connectivity index (χ2n) is 15.9. The molecule has 56 heavy (non-hydrogen) atoms. The van der Waals surface area contributed by atoms with Crippen LogP contribution in [0.2, 0.25) is 0 Å². The van der Waals surface area contributed by atoms with E-state index in [4.69, 9.17) is 9.47 Å². The van der Waals surface area contributed by atoms with E-state index in [2.05, 4.69) is 62.5 Å². The van der Waals surface area contributed by atoms with Gasteiger partial charge in [-0.2, -0.15) is 0 Å². The minimum absolute atomic E-state index is 0.0928. The molecule has 3 amide bonds. The van der Waals surface area contributed by atoms with Gasteiger partial charge in [0.2, 0.25) is 11.8 Å². The zero-order valence-corrected chi connectivity index (χ0v) is 31.9. The number of methoxy groups -OCH3 is 1. The third-order valence-corrected chi connectivity index (χ3v) is 12.7. The summed E-state index contributed by atoms with van der Waals surface area (Å²) in [6.45, 7) is 8.02. The van der Waals surface area contributed by atoms with Crippen molar-refractivity contribution in [3.8, 4) is 17.2 Å². The number of nitrogens with one attached hydrogen (secondary N) is 1. The SMILES string of the molecule is COc1ccc(C2COc3cc(O)ccc3C2c2ccc(N3CCC(CN4CCN(c5ccc6c(c5)CN(C5CCC(=O)NC5=O)C6=O)CC4)CC3)cc2)cc1. The second kappa shape index (κ2) is 15.2. The first-order valence-corrected chi connectivity index (χ1v) is 20.0. The molecule has 0 bridgehead atoms. The molecule has 3 atom stereocenters. The Balaban J connectivity index is 0.785. The Hall–Kier alpha value is -5.55. The number of fused-ring (bicyclic) bond motifs is 2. The van der Waals surface area contributed by atoms with Gasteiger partial charge in [-0.3, -0.25) is 24.6 Å². The number of rotatable bonds is 8. The first-order chi connectivity index (χ1) is 27.3. The summed E-state index contributed by atoms with van der Waals surface area (Å²) in [5.41, 5.74) is 7.52. The number of aromatic hydroxyl groups is 1. The molecule has 5 heterocycles. The highest BCUT2D eigenvalue weighted by molar-refractivity contribution is 6.05. The van der Waals surface area contributed by atoms with Crippen LogP contribution in [0.3, 0.4) is 0 Å². The van der Waals surface area contributed by atoms with Crippen LogP contribution in [0.1, 0.15) is 70.1 Å². The lowest BCUT2D eigenvalue weighted by molar-refractivity contribution is -0.136. The normalized spacial score (nSPS) is 23.1. The molecule has 0 aromatic heterocycles. The Morgan fingerprint density at radius 1 is 0.786 bits per heavy atom. The molecule has 4 aromatic rings. The number of ether oxygens (including phenoxy) is 2. The van der Waals surface area contributed by atoms with Crippen LogP contribution in [0.25, 0.3) is 0 Å². The van der Waals surface area contributed by atoms with Crippen molar-refractivity contribution in [1.82, 2.24) is 15.1 Å². The number of amides is 3. The van der Waals surface area contributed by atoms with E-state index in [0.717, 1.165) is 74.1 Å². The van der Waals surface area contributed by atoms with E-state index in [1.807, 2.05) is 30.3 Å². The summed E-state index contributed by atoms with van der Waals surface area (Å²) in [6, 6.07) is 28.3. The van der Waals surface area contributed by atoms with E-state index in [0.29, 0.717) is 31.1 Å². The molecule has 5 aliphatic rings. The Labute approximate surface area is 327 Å². The Kier molecular flexibility index (Phi) is 9.79. The van der Waals surface area contributed by atoms with Crippen LogP contribution in [-0.4, -0.2) is 98.2 Å². The summed E-state index contributed by atoms with van der Waals surface area (Å²) in [5.74, 6) is 1.90. The number of phenols is 1. The predicted molar refractivity (Wildman–Crippen MR) is 214 cm³/mol. The van der Waals surface area contributed by atoms with Gasteiger partial charge in [-0.25, -0.2) is 0 Å². The van der Waals surface area contributed by atoms with Gasteiger partial charge in [0.1, 0.15) is 23.3 Å². The van der Waals surface area contributed by atoms with Crippen LogP contribution < -0.4 is 24.6 Å². The highest BCUT2D eigenvalue weighted by atomic mass is 16.5. The Bertz CT molecular complexity index is 2110. The molecule has 11 heteroatoms. The molecule has 0 saturated carbocycles. The number of carbonyl (C=O) groups is 3. The van der Waals surface area contributed by atoms with Crippen LogP contribution >= 0.6 is 0 Å². The van der Waals surface area contributed by atoms with Gasteiger partial charge in [-0.05, 0) is 90.4 Å². The minimum atomic E-state index is -0.593. The van der Waals surface area contributed by atoms with Gasteiger partial charge in [-0.15, -0.1) is 0 Å². The Morgan fingerprint density at radius 2 is 1.50 bits per heavy atom. The Morgan fingerprint density at radius 3 is 2.23 bits per heavy atom. The number of carbonyl (C=O) groups excluding carboxylic acids is 3. The van der Waals surface area contributed by atoms with Gasteiger partial charge in [0, 0.05) is 99.2 Å². The van der Waals surface area contributed by atoms with Crippen LogP contribution in [0.4, 0.5) is 11.4 Å². The van der Waals surface area contributed by atoms with Crippen LogP contribution in [0, 0.1) is 5.92 Å².